The minimum Gasteiger partial charge on any atom is -1.00 e. The number of benzene rings is 1. The number of aromatic amines is 1. The van der Waals surface area contributed by atoms with Crippen molar-refractivity contribution in [3.05, 3.63) is 24.5 Å². The topological polar surface area (TPSA) is 54.7 Å². The summed E-state index contributed by atoms with van der Waals surface area (Å²) in [7, 11) is 0. The molecule has 0 amide bonds. The van der Waals surface area contributed by atoms with Gasteiger partial charge >= 0.3 is 0 Å². The SMILES string of the molecule is Nc1ccc2nc[nH]c2c1.[Cl-]. The van der Waals surface area contributed by atoms with Crippen LogP contribution >= 0.6 is 0 Å². The molecule has 0 unspecified atom stereocenters. The second-order valence-electron chi connectivity index (χ2n) is 2.18. The molecule has 2 aromatic rings. The van der Waals surface area contributed by atoms with Gasteiger partial charge in [-0.15, -0.1) is 0 Å². The highest BCUT2D eigenvalue weighted by atomic mass is 35.5. The van der Waals surface area contributed by atoms with Crippen molar-refractivity contribution in [1.82, 2.24) is 9.97 Å². The predicted octanol–water partition coefficient (Wildman–Crippen LogP) is -1.85. The number of nitrogens with one attached hydrogen (secondary N) is 1. The maximum Gasteiger partial charge on any atom is 0.0931 e. The molecule has 0 aliphatic carbocycles. The van der Waals surface area contributed by atoms with Crippen LogP contribution < -0.4 is 18.1 Å². The number of nitrogens with zero attached hydrogens (tertiary/aromatic N) is 1. The van der Waals surface area contributed by atoms with Crippen molar-refractivity contribution in [2.24, 2.45) is 0 Å². The van der Waals surface area contributed by atoms with Crippen molar-refractivity contribution in [3.63, 3.8) is 0 Å². The molecule has 1 aromatic heterocycles. The Morgan fingerprint density at radius 2 is 2.18 bits per heavy atom. The molecule has 0 aliphatic rings. The molecule has 0 spiro atoms. The van der Waals surface area contributed by atoms with Gasteiger partial charge in [-0.05, 0) is 18.2 Å². The third-order valence-electron chi connectivity index (χ3n) is 1.44. The molecule has 58 valence electrons. The molecule has 3 nitrogen and oxygen atoms in total. The van der Waals surface area contributed by atoms with E-state index >= 15 is 0 Å². The van der Waals surface area contributed by atoms with Gasteiger partial charge < -0.3 is 23.1 Å². The largest absolute Gasteiger partial charge is 1.00 e. The summed E-state index contributed by atoms with van der Waals surface area (Å²) in [6.07, 6.45) is 1.66. The fraction of sp³-hybridized carbons (Fsp3) is 0. The average Bonchev–Trinajstić information content (AvgIpc) is 2.33. The van der Waals surface area contributed by atoms with E-state index in [1.807, 2.05) is 18.2 Å². The number of anilines is 1. The number of rotatable bonds is 0. The van der Waals surface area contributed by atoms with Gasteiger partial charge in [0, 0.05) is 5.69 Å². The maximum atomic E-state index is 5.54. The number of nitrogen functional groups attached to an aromatic ring is 1. The zero-order valence-corrected chi connectivity index (χ0v) is 6.47. The van der Waals surface area contributed by atoms with E-state index in [0.717, 1.165) is 16.7 Å². The fourth-order valence-corrected chi connectivity index (χ4v) is 0.953. The van der Waals surface area contributed by atoms with Crippen LogP contribution in [-0.2, 0) is 0 Å². The molecule has 1 aromatic carbocycles. The van der Waals surface area contributed by atoms with Gasteiger partial charge in [-0.2, -0.15) is 0 Å². The Hall–Kier alpha value is -1.22. The van der Waals surface area contributed by atoms with Crippen LogP contribution in [0, 0.1) is 0 Å². The van der Waals surface area contributed by atoms with Crippen LogP contribution in [0.2, 0.25) is 0 Å². The summed E-state index contributed by atoms with van der Waals surface area (Å²) >= 11 is 0. The van der Waals surface area contributed by atoms with Crippen molar-refractivity contribution in [2.45, 2.75) is 0 Å². The Kier molecular flexibility index (Phi) is 2.01. The quantitative estimate of drug-likeness (QED) is 0.454. The van der Waals surface area contributed by atoms with E-state index in [2.05, 4.69) is 9.97 Å². The van der Waals surface area contributed by atoms with Crippen molar-refractivity contribution >= 4 is 16.7 Å². The number of fused-ring (bicyclic) bond motifs is 1. The van der Waals surface area contributed by atoms with Crippen molar-refractivity contribution in [1.29, 1.82) is 0 Å². The first-order chi connectivity index (χ1) is 4.86. The van der Waals surface area contributed by atoms with E-state index in [-0.39, 0.29) is 12.4 Å². The summed E-state index contributed by atoms with van der Waals surface area (Å²) < 4.78 is 0. The van der Waals surface area contributed by atoms with E-state index in [1.54, 1.807) is 6.33 Å². The third kappa shape index (κ3) is 1.28. The van der Waals surface area contributed by atoms with Crippen molar-refractivity contribution in [2.75, 3.05) is 5.73 Å². The second kappa shape index (κ2) is 2.80. The van der Waals surface area contributed by atoms with Gasteiger partial charge in [0.1, 0.15) is 0 Å². The number of aromatic nitrogens is 2. The number of hydrogen-bond donors (Lipinski definition) is 2. The first kappa shape index (κ1) is 7.88. The highest BCUT2D eigenvalue weighted by molar-refractivity contribution is 5.77. The van der Waals surface area contributed by atoms with Crippen molar-refractivity contribution in [3.8, 4) is 0 Å². The molecule has 2 rings (SSSR count). The molecule has 0 atom stereocenters. The van der Waals surface area contributed by atoms with Gasteiger partial charge in [-0.1, -0.05) is 0 Å². The summed E-state index contributed by atoms with van der Waals surface area (Å²) in [5, 5.41) is 0. The fourth-order valence-electron chi connectivity index (χ4n) is 0.953. The second-order valence-corrected chi connectivity index (χ2v) is 2.18. The maximum absolute atomic E-state index is 5.54. The first-order valence-corrected chi connectivity index (χ1v) is 3.05. The lowest BCUT2D eigenvalue weighted by atomic mass is 10.3. The standard InChI is InChI=1S/C7H7N3.ClH/c8-5-1-2-6-7(3-5)10-4-9-6;/h1-4H,8H2,(H,9,10);1H/p-1. The van der Waals surface area contributed by atoms with Gasteiger partial charge in [-0.25, -0.2) is 4.98 Å². The highest BCUT2D eigenvalue weighted by Gasteiger charge is 1.92. The summed E-state index contributed by atoms with van der Waals surface area (Å²) in [6, 6.07) is 5.59. The van der Waals surface area contributed by atoms with Gasteiger partial charge in [0.2, 0.25) is 0 Å². The molecular weight excluding hydrogens is 162 g/mol. The Morgan fingerprint density at radius 1 is 1.36 bits per heavy atom. The zero-order valence-electron chi connectivity index (χ0n) is 5.71. The number of halogens is 1. The van der Waals surface area contributed by atoms with Crippen molar-refractivity contribution < 1.29 is 12.4 Å². The van der Waals surface area contributed by atoms with E-state index < -0.39 is 0 Å². The predicted molar refractivity (Wildman–Crippen MR) is 40.5 cm³/mol. The van der Waals surface area contributed by atoms with Gasteiger partial charge in [-0.3, -0.25) is 0 Å². The lowest BCUT2D eigenvalue weighted by Crippen LogP contribution is -3.00. The molecule has 0 bridgehead atoms. The number of H-pyrrole nitrogens is 1. The third-order valence-corrected chi connectivity index (χ3v) is 1.44. The summed E-state index contributed by atoms with van der Waals surface area (Å²) in [6.45, 7) is 0. The Labute approximate surface area is 70.0 Å². The van der Waals surface area contributed by atoms with Crippen LogP contribution in [0.3, 0.4) is 0 Å². The molecule has 4 heteroatoms. The zero-order chi connectivity index (χ0) is 6.97. The molecule has 0 radical (unpaired) electrons. The summed E-state index contributed by atoms with van der Waals surface area (Å²) in [5.41, 5.74) is 8.24. The van der Waals surface area contributed by atoms with Crippen LogP contribution in [-0.4, -0.2) is 9.97 Å². The molecule has 1 heterocycles. The van der Waals surface area contributed by atoms with Crippen LogP contribution in [0.5, 0.6) is 0 Å². The molecular formula is C7H7ClN3-. The average molecular weight is 169 g/mol. The molecule has 0 aliphatic heterocycles. The number of hydrogen-bond acceptors (Lipinski definition) is 2. The highest BCUT2D eigenvalue weighted by Crippen LogP contribution is 2.11. The minimum absolute atomic E-state index is 0. The monoisotopic (exact) mass is 168 g/mol. The Bertz CT molecular complexity index is 355. The Balaban J connectivity index is 0.000000605. The molecule has 0 saturated carbocycles. The van der Waals surface area contributed by atoms with E-state index in [0.29, 0.717) is 0 Å². The van der Waals surface area contributed by atoms with E-state index in [9.17, 15) is 0 Å². The molecule has 11 heavy (non-hydrogen) atoms. The molecule has 0 fully saturated rings. The van der Waals surface area contributed by atoms with Gasteiger partial charge in [0.15, 0.2) is 0 Å². The van der Waals surface area contributed by atoms with E-state index in [1.165, 1.54) is 0 Å². The minimum atomic E-state index is 0. The normalized spacial score (nSPS) is 9.45. The summed E-state index contributed by atoms with van der Waals surface area (Å²) in [5.74, 6) is 0. The number of imidazole rings is 1. The lowest BCUT2D eigenvalue weighted by molar-refractivity contribution is -0.00000216. The van der Waals surface area contributed by atoms with Crippen LogP contribution in [0.25, 0.3) is 11.0 Å². The van der Waals surface area contributed by atoms with Gasteiger partial charge in [0.25, 0.3) is 0 Å². The molecule has 0 saturated heterocycles. The lowest BCUT2D eigenvalue weighted by Gasteiger charge is -1.89. The van der Waals surface area contributed by atoms with Crippen LogP contribution in [0.15, 0.2) is 24.5 Å². The smallest absolute Gasteiger partial charge is 0.0931 e. The van der Waals surface area contributed by atoms with Crippen LogP contribution in [0.1, 0.15) is 0 Å². The first-order valence-electron chi connectivity index (χ1n) is 3.05. The molecule has 3 N–H and O–H groups in total. The summed E-state index contributed by atoms with van der Waals surface area (Å²) in [4.78, 5) is 7.02. The van der Waals surface area contributed by atoms with E-state index in [4.69, 9.17) is 5.73 Å². The Morgan fingerprint density at radius 3 is 3.00 bits per heavy atom. The number of nitrogens with two attached hydrogens (primary N) is 1. The van der Waals surface area contributed by atoms with Crippen LogP contribution in [0.4, 0.5) is 5.69 Å². The van der Waals surface area contributed by atoms with Gasteiger partial charge in [0.05, 0.1) is 17.4 Å².